The first-order valence-electron chi connectivity index (χ1n) is 9.36. The molecule has 1 amide bonds. The quantitative estimate of drug-likeness (QED) is 0.537. The molecule has 0 unspecified atom stereocenters. The number of para-hydroxylation sites is 1. The van der Waals surface area contributed by atoms with Gasteiger partial charge < -0.3 is 14.6 Å². The molecule has 3 aromatic rings. The summed E-state index contributed by atoms with van der Waals surface area (Å²) in [7, 11) is 2.05. The van der Waals surface area contributed by atoms with Crippen LogP contribution in [0.25, 0.3) is 11.3 Å². The van der Waals surface area contributed by atoms with Gasteiger partial charge in [0.1, 0.15) is 0 Å². The van der Waals surface area contributed by atoms with Crippen LogP contribution in [0, 0.1) is 0 Å². The first-order chi connectivity index (χ1) is 13.6. The number of carbonyl (C=O) groups is 1. The SMILES string of the molecule is CN(CCCNC(=O)CCc1ncc(-c2ccccc2Cl)o1)c1ccccc1. The van der Waals surface area contributed by atoms with E-state index in [1.54, 1.807) is 6.20 Å². The van der Waals surface area contributed by atoms with Crippen molar-refractivity contribution in [2.45, 2.75) is 19.3 Å². The molecule has 2 aromatic carbocycles. The molecule has 5 nitrogen and oxygen atoms in total. The van der Waals surface area contributed by atoms with Gasteiger partial charge >= 0.3 is 0 Å². The fourth-order valence-electron chi connectivity index (χ4n) is 2.88. The Balaban J connectivity index is 1.37. The molecule has 0 atom stereocenters. The first-order valence-corrected chi connectivity index (χ1v) is 9.74. The summed E-state index contributed by atoms with van der Waals surface area (Å²) >= 11 is 6.17. The van der Waals surface area contributed by atoms with E-state index in [4.69, 9.17) is 16.0 Å². The lowest BCUT2D eigenvalue weighted by molar-refractivity contribution is -0.121. The highest BCUT2D eigenvalue weighted by Crippen LogP contribution is 2.28. The van der Waals surface area contributed by atoms with Crippen molar-refractivity contribution >= 4 is 23.2 Å². The average Bonchev–Trinajstić information content (AvgIpc) is 3.19. The molecule has 1 heterocycles. The van der Waals surface area contributed by atoms with E-state index in [2.05, 4.69) is 34.4 Å². The molecule has 0 bridgehead atoms. The summed E-state index contributed by atoms with van der Waals surface area (Å²) in [5.41, 5.74) is 1.97. The summed E-state index contributed by atoms with van der Waals surface area (Å²) in [5.74, 6) is 1.15. The molecule has 1 N–H and O–H groups in total. The third kappa shape index (κ3) is 5.60. The van der Waals surface area contributed by atoms with Crippen molar-refractivity contribution in [3.63, 3.8) is 0 Å². The number of aromatic nitrogens is 1. The second-order valence-electron chi connectivity index (χ2n) is 6.56. The highest BCUT2D eigenvalue weighted by Gasteiger charge is 2.11. The van der Waals surface area contributed by atoms with Crippen LogP contribution in [0.4, 0.5) is 5.69 Å². The average molecular weight is 398 g/mol. The van der Waals surface area contributed by atoms with Crippen molar-refractivity contribution in [1.82, 2.24) is 10.3 Å². The Labute approximate surface area is 170 Å². The Kier molecular flexibility index (Phi) is 7.09. The van der Waals surface area contributed by atoms with Crippen molar-refractivity contribution < 1.29 is 9.21 Å². The smallest absolute Gasteiger partial charge is 0.220 e. The fourth-order valence-corrected chi connectivity index (χ4v) is 3.10. The van der Waals surface area contributed by atoms with Crippen LogP contribution in [-0.2, 0) is 11.2 Å². The van der Waals surface area contributed by atoms with Gasteiger partial charge in [-0.05, 0) is 30.7 Å². The van der Waals surface area contributed by atoms with Gasteiger partial charge in [-0.2, -0.15) is 0 Å². The van der Waals surface area contributed by atoms with E-state index in [0.717, 1.165) is 18.5 Å². The second-order valence-corrected chi connectivity index (χ2v) is 6.97. The summed E-state index contributed by atoms with van der Waals surface area (Å²) in [6.07, 6.45) is 3.33. The minimum absolute atomic E-state index is 0.000132. The third-order valence-electron chi connectivity index (χ3n) is 4.45. The van der Waals surface area contributed by atoms with E-state index in [1.807, 2.05) is 42.5 Å². The molecule has 0 spiro atoms. The molecule has 3 rings (SSSR count). The van der Waals surface area contributed by atoms with E-state index in [9.17, 15) is 4.79 Å². The molecule has 0 fully saturated rings. The lowest BCUT2D eigenvalue weighted by Crippen LogP contribution is -2.28. The van der Waals surface area contributed by atoms with E-state index >= 15 is 0 Å². The van der Waals surface area contributed by atoms with E-state index in [1.165, 1.54) is 5.69 Å². The van der Waals surface area contributed by atoms with Crippen LogP contribution < -0.4 is 10.2 Å². The monoisotopic (exact) mass is 397 g/mol. The van der Waals surface area contributed by atoms with Gasteiger partial charge in [0.2, 0.25) is 5.91 Å². The van der Waals surface area contributed by atoms with Crippen LogP contribution in [0.5, 0.6) is 0 Å². The van der Waals surface area contributed by atoms with Crippen molar-refractivity contribution in [3.05, 3.63) is 71.7 Å². The molecule has 0 aliphatic heterocycles. The maximum atomic E-state index is 12.0. The van der Waals surface area contributed by atoms with Crippen molar-refractivity contribution in [2.24, 2.45) is 0 Å². The highest BCUT2D eigenvalue weighted by molar-refractivity contribution is 6.33. The number of halogens is 1. The molecule has 0 saturated heterocycles. The van der Waals surface area contributed by atoms with E-state index in [0.29, 0.717) is 36.1 Å². The molecule has 6 heteroatoms. The van der Waals surface area contributed by atoms with E-state index in [-0.39, 0.29) is 5.91 Å². The molecule has 0 saturated carbocycles. The number of amides is 1. The predicted molar refractivity (Wildman–Crippen MR) is 113 cm³/mol. The number of anilines is 1. The van der Waals surface area contributed by atoms with Gasteiger partial charge in [0.25, 0.3) is 0 Å². The predicted octanol–water partition coefficient (Wildman–Crippen LogP) is 4.57. The lowest BCUT2D eigenvalue weighted by atomic mass is 10.2. The fraction of sp³-hybridized carbons (Fsp3) is 0.273. The largest absolute Gasteiger partial charge is 0.441 e. The van der Waals surface area contributed by atoms with Crippen LogP contribution in [0.3, 0.4) is 0 Å². The number of carbonyl (C=O) groups excluding carboxylic acids is 1. The minimum Gasteiger partial charge on any atom is -0.441 e. The Bertz CT molecular complexity index is 896. The number of aryl methyl sites for hydroxylation is 1. The minimum atomic E-state index is -0.000132. The van der Waals surface area contributed by atoms with Crippen molar-refractivity contribution in [1.29, 1.82) is 0 Å². The number of nitrogens with one attached hydrogen (secondary N) is 1. The molecular weight excluding hydrogens is 374 g/mol. The summed E-state index contributed by atoms with van der Waals surface area (Å²) < 4.78 is 5.72. The van der Waals surface area contributed by atoms with Crippen LogP contribution in [0.2, 0.25) is 5.02 Å². The van der Waals surface area contributed by atoms with Gasteiger partial charge in [-0.1, -0.05) is 41.9 Å². The number of oxazole rings is 1. The Morgan fingerprint density at radius 2 is 1.89 bits per heavy atom. The Morgan fingerprint density at radius 1 is 1.14 bits per heavy atom. The maximum Gasteiger partial charge on any atom is 0.220 e. The van der Waals surface area contributed by atoms with Crippen LogP contribution in [0.15, 0.2) is 65.2 Å². The zero-order chi connectivity index (χ0) is 19.8. The zero-order valence-corrected chi connectivity index (χ0v) is 16.7. The third-order valence-corrected chi connectivity index (χ3v) is 4.78. The molecule has 1 aromatic heterocycles. The molecular formula is C22H24ClN3O2. The summed E-state index contributed by atoms with van der Waals surface area (Å²) in [6, 6.07) is 17.6. The second kappa shape index (κ2) is 9.95. The number of nitrogens with zero attached hydrogens (tertiary/aromatic N) is 2. The number of hydrogen-bond donors (Lipinski definition) is 1. The summed E-state index contributed by atoms with van der Waals surface area (Å²) in [5, 5.41) is 3.57. The number of rotatable bonds is 9. The first kappa shape index (κ1) is 20.0. The molecule has 28 heavy (non-hydrogen) atoms. The van der Waals surface area contributed by atoms with Gasteiger partial charge in [0, 0.05) is 44.2 Å². The topological polar surface area (TPSA) is 58.4 Å². The molecule has 0 radical (unpaired) electrons. The Morgan fingerprint density at radius 3 is 2.68 bits per heavy atom. The summed E-state index contributed by atoms with van der Waals surface area (Å²) in [4.78, 5) is 18.5. The van der Waals surface area contributed by atoms with Gasteiger partial charge in [-0.15, -0.1) is 0 Å². The van der Waals surface area contributed by atoms with Crippen molar-refractivity contribution in [3.8, 4) is 11.3 Å². The standard InChI is InChI=1S/C22H24ClN3O2/c1-26(17-8-3-2-4-9-17)15-7-14-24-21(27)12-13-22-25-16-20(28-22)18-10-5-6-11-19(18)23/h2-6,8-11,16H,7,12-15H2,1H3,(H,24,27). The summed E-state index contributed by atoms with van der Waals surface area (Å²) in [6.45, 7) is 1.53. The van der Waals surface area contributed by atoms with E-state index < -0.39 is 0 Å². The van der Waals surface area contributed by atoms with Gasteiger partial charge in [-0.25, -0.2) is 4.98 Å². The highest BCUT2D eigenvalue weighted by atomic mass is 35.5. The van der Waals surface area contributed by atoms with Crippen molar-refractivity contribution in [2.75, 3.05) is 25.0 Å². The number of hydrogen-bond acceptors (Lipinski definition) is 4. The zero-order valence-electron chi connectivity index (χ0n) is 15.9. The van der Waals surface area contributed by atoms with Gasteiger partial charge in [-0.3, -0.25) is 4.79 Å². The van der Waals surface area contributed by atoms with Crippen LogP contribution in [-0.4, -0.2) is 31.0 Å². The van der Waals surface area contributed by atoms with Crippen LogP contribution in [0.1, 0.15) is 18.7 Å². The molecule has 0 aliphatic carbocycles. The molecule has 0 aliphatic rings. The normalized spacial score (nSPS) is 10.6. The maximum absolute atomic E-state index is 12.0. The van der Waals surface area contributed by atoms with Crippen LogP contribution >= 0.6 is 11.6 Å². The number of benzene rings is 2. The lowest BCUT2D eigenvalue weighted by Gasteiger charge is -2.19. The Hall–Kier alpha value is -2.79. The molecule has 146 valence electrons. The van der Waals surface area contributed by atoms with Gasteiger partial charge in [0.15, 0.2) is 11.7 Å². The van der Waals surface area contributed by atoms with Gasteiger partial charge in [0.05, 0.1) is 11.2 Å².